The molecule has 0 aromatic heterocycles. The predicted octanol–water partition coefficient (Wildman–Crippen LogP) is 14.3. The van der Waals surface area contributed by atoms with Crippen molar-refractivity contribution >= 4 is 70.9 Å². The van der Waals surface area contributed by atoms with Crippen molar-refractivity contribution in [3.8, 4) is 22.3 Å². The number of rotatable bonds is 5. The smallest absolute Gasteiger partial charge is 0.0468 e. The molecule has 10 aromatic carbocycles. The van der Waals surface area contributed by atoms with Crippen molar-refractivity contribution in [1.82, 2.24) is 0 Å². The molecule has 0 radical (unpaired) electrons. The first-order chi connectivity index (χ1) is 25.3. The number of fused-ring (bicyclic) bond motifs is 8. The maximum atomic E-state index is 2.39. The van der Waals surface area contributed by atoms with Gasteiger partial charge in [0.15, 0.2) is 0 Å². The van der Waals surface area contributed by atoms with Crippen LogP contribution in [0.5, 0.6) is 0 Å². The van der Waals surface area contributed by atoms with Crippen molar-refractivity contribution in [3.05, 3.63) is 200 Å². The first-order valence-electron chi connectivity index (χ1n) is 17.6. The molecule has 0 heterocycles. The Morgan fingerprint density at radius 3 is 1.06 bits per heavy atom. The monoisotopic (exact) mass is 647 g/mol. The lowest BCUT2D eigenvalue weighted by Crippen LogP contribution is -2.10. The summed E-state index contributed by atoms with van der Waals surface area (Å²) in [5.74, 6) is 0. The Morgan fingerprint density at radius 1 is 0.235 bits per heavy atom. The highest BCUT2D eigenvalue weighted by atomic mass is 15.1. The van der Waals surface area contributed by atoms with Gasteiger partial charge >= 0.3 is 0 Å². The van der Waals surface area contributed by atoms with Crippen LogP contribution in [0.25, 0.3) is 76.1 Å². The molecule has 0 saturated heterocycles. The van der Waals surface area contributed by atoms with Crippen molar-refractivity contribution in [3.63, 3.8) is 0 Å². The number of benzene rings is 10. The standard InChI is InChI=1S/C50H33N/c1-3-15-41-34(11-1)13-9-21-43(41)36-23-27-38(28-24-36)51(39-29-25-37(26-30-39)44-22-10-14-35-12-2-4-16-42(35)44)40-31-32-49-47-19-6-5-17-45(47)46-18-7-8-20-48(46)50(49)33-40/h1-33H. The number of anilines is 3. The Labute approximate surface area is 297 Å². The van der Waals surface area contributed by atoms with Crippen molar-refractivity contribution in [2.75, 3.05) is 4.90 Å². The second-order valence-electron chi connectivity index (χ2n) is 13.3. The summed E-state index contributed by atoms with van der Waals surface area (Å²) in [6.45, 7) is 0. The molecule has 0 aliphatic rings. The number of hydrogen-bond donors (Lipinski definition) is 0. The van der Waals surface area contributed by atoms with Crippen LogP contribution in [0, 0.1) is 0 Å². The average molecular weight is 648 g/mol. The van der Waals surface area contributed by atoms with E-state index in [9.17, 15) is 0 Å². The molecular formula is C50H33N. The maximum absolute atomic E-state index is 2.39. The lowest BCUT2D eigenvalue weighted by Gasteiger charge is -2.27. The zero-order chi connectivity index (χ0) is 33.7. The van der Waals surface area contributed by atoms with E-state index in [4.69, 9.17) is 0 Å². The molecule has 1 nitrogen and oxygen atoms in total. The van der Waals surface area contributed by atoms with E-state index in [-0.39, 0.29) is 0 Å². The van der Waals surface area contributed by atoms with Gasteiger partial charge in [-0.05, 0) is 113 Å². The molecule has 0 spiro atoms. The lowest BCUT2D eigenvalue weighted by molar-refractivity contribution is 1.29. The molecule has 0 amide bonds. The second kappa shape index (κ2) is 12.0. The molecule has 0 N–H and O–H groups in total. The van der Waals surface area contributed by atoms with Gasteiger partial charge in [0.25, 0.3) is 0 Å². The summed E-state index contributed by atoms with van der Waals surface area (Å²) in [7, 11) is 0. The highest BCUT2D eigenvalue weighted by molar-refractivity contribution is 6.25. The number of nitrogens with zero attached hydrogens (tertiary/aromatic N) is 1. The Kier molecular flexibility index (Phi) is 6.89. The summed E-state index contributed by atoms with van der Waals surface area (Å²) in [6, 6.07) is 73.0. The fraction of sp³-hybridized carbons (Fsp3) is 0. The van der Waals surface area contributed by atoms with E-state index in [1.54, 1.807) is 0 Å². The van der Waals surface area contributed by atoms with Crippen LogP contribution >= 0.6 is 0 Å². The molecule has 0 unspecified atom stereocenters. The van der Waals surface area contributed by atoms with Crippen LogP contribution < -0.4 is 4.90 Å². The maximum Gasteiger partial charge on any atom is 0.0468 e. The summed E-state index contributed by atoms with van der Waals surface area (Å²) in [5, 5.41) is 12.7. The molecule has 0 fully saturated rings. The van der Waals surface area contributed by atoms with E-state index >= 15 is 0 Å². The molecule has 0 saturated carbocycles. The highest BCUT2D eigenvalue weighted by Crippen LogP contribution is 2.42. The zero-order valence-corrected chi connectivity index (χ0v) is 28.0. The SMILES string of the molecule is c1ccc2c(-c3ccc(N(c4ccc(-c5cccc6ccccc56)cc4)c4ccc5c6ccccc6c6ccccc6c5c4)cc3)cccc2c1. The summed E-state index contributed by atoms with van der Waals surface area (Å²) in [6.07, 6.45) is 0. The molecule has 10 aromatic rings. The van der Waals surface area contributed by atoms with E-state index in [1.165, 1.54) is 76.1 Å². The van der Waals surface area contributed by atoms with Gasteiger partial charge in [0, 0.05) is 17.1 Å². The van der Waals surface area contributed by atoms with Gasteiger partial charge in [0.05, 0.1) is 0 Å². The van der Waals surface area contributed by atoms with Crippen LogP contribution in [0.4, 0.5) is 17.1 Å². The van der Waals surface area contributed by atoms with Crippen molar-refractivity contribution in [2.45, 2.75) is 0 Å². The Balaban J connectivity index is 1.15. The first kappa shape index (κ1) is 29.2. The van der Waals surface area contributed by atoms with Gasteiger partial charge in [-0.25, -0.2) is 0 Å². The van der Waals surface area contributed by atoms with Crippen LogP contribution in [0.3, 0.4) is 0 Å². The molecular weight excluding hydrogens is 615 g/mol. The summed E-state index contributed by atoms with van der Waals surface area (Å²) < 4.78 is 0. The van der Waals surface area contributed by atoms with Gasteiger partial charge in [-0.1, -0.05) is 164 Å². The largest absolute Gasteiger partial charge is 0.310 e. The fourth-order valence-electron chi connectivity index (χ4n) is 8.02. The van der Waals surface area contributed by atoms with E-state index < -0.39 is 0 Å². The molecule has 1 heteroatoms. The third kappa shape index (κ3) is 4.94. The van der Waals surface area contributed by atoms with Crippen LogP contribution in [-0.4, -0.2) is 0 Å². The van der Waals surface area contributed by atoms with Crippen LogP contribution in [0.1, 0.15) is 0 Å². The Hall–Kier alpha value is -6.70. The van der Waals surface area contributed by atoms with Crippen LogP contribution in [0.2, 0.25) is 0 Å². The van der Waals surface area contributed by atoms with E-state index in [0.717, 1.165) is 17.1 Å². The molecule has 0 aliphatic carbocycles. The minimum atomic E-state index is 1.11. The summed E-state index contributed by atoms with van der Waals surface area (Å²) in [4.78, 5) is 2.39. The van der Waals surface area contributed by atoms with E-state index in [1.807, 2.05) is 0 Å². The van der Waals surface area contributed by atoms with Crippen LogP contribution in [-0.2, 0) is 0 Å². The van der Waals surface area contributed by atoms with Gasteiger partial charge in [-0.15, -0.1) is 0 Å². The predicted molar refractivity (Wildman–Crippen MR) is 220 cm³/mol. The van der Waals surface area contributed by atoms with E-state index in [0.29, 0.717) is 0 Å². The molecule has 0 atom stereocenters. The third-order valence-electron chi connectivity index (χ3n) is 10.4. The minimum absolute atomic E-state index is 1.11. The zero-order valence-electron chi connectivity index (χ0n) is 28.0. The van der Waals surface area contributed by atoms with Gasteiger partial charge in [0.2, 0.25) is 0 Å². The van der Waals surface area contributed by atoms with E-state index in [2.05, 4.69) is 205 Å². The van der Waals surface area contributed by atoms with Crippen molar-refractivity contribution in [1.29, 1.82) is 0 Å². The topological polar surface area (TPSA) is 3.24 Å². The average Bonchev–Trinajstić information content (AvgIpc) is 3.21. The van der Waals surface area contributed by atoms with Gasteiger partial charge < -0.3 is 4.90 Å². The third-order valence-corrected chi connectivity index (χ3v) is 10.4. The van der Waals surface area contributed by atoms with Crippen molar-refractivity contribution in [2.24, 2.45) is 0 Å². The molecule has 51 heavy (non-hydrogen) atoms. The Morgan fingerprint density at radius 2 is 0.588 bits per heavy atom. The summed E-state index contributed by atoms with van der Waals surface area (Å²) in [5.41, 5.74) is 8.25. The van der Waals surface area contributed by atoms with Gasteiger partial charge in [0.1, 0.15) is 0 Å². The van der Waals surface area contributed by atoms with Crippen molar-refractivity contribution < 1.29 is 0 Å². The van der Waals surface area contributed by atoms with Crippen LogP contribution in [0.15, 0.2) is 200 Å². The van der Waals surface area contributed by atoms with Gasteiger partial charge in [-0.3, -0.25) is 0 Å². The van der Waals surface area contributed by atoms with Gasteiger partial charge in [-0.2, -0.15) is 0 Å². The fourth-order valence-corrected chi connectivity index (χ4v) is 8.02. The highest BCUT2D eigenvalue weighted by Gasteiger charge is 2.17. The first-order valence-corrected chi connectivity index (χ1v) is 17.6. The normalized spacial score (nSPS) is 11.5. The minimum Gasteiger partial charge on any atom is -0.310 e. The molecule has 0 aliphatic heterocycles. The Bertz CT molecular complexity index is 2730. The molecule has 0 bridgehead atoms. The second-order valence-corrected chi connectivity index (χ2v) is 13.3. The molecule has 10 rings (SSSR count). The number of hydrogen-bond acceptors (Lipinski definition) is 1. The molecule has 238 valence electrons. The lowest BCUT2D eigenvalue weighted by atomic mass is 9.94. The summed E-state index contributed by atoms with van der Waals surface area (Å²) >= 11 is 0. The quantitative estimate of drug-likeness (QED) is 0.168.